The number of nitrogens with zero attached hydrogens (tertiary/aromatic N) is 1. The molecule has 2 amide bonds. The van der Waals surface area contributed by atoms with Crippen LogP contribution in [0.1, 0.15) is 18.4 Å². The van der Waals surface area contributed by atoms with Gasteiger partial charge >= 0.3 is 0 Å². The first-order valence-corrected chi connectivity index (χ1v) is 12.3. The molecule has 176 valence electrons. The molecule has 9 nitrogen and oxygen atoms in total. The third kappa shape index (κ3) is 5.07. The van der Waals surface area contributed by atoms with Gasteiger partial charge in [-0.2, -0.15) is 4.31 Å². The molecule has 11 heteroatoms. The number of halogens is 1. The number of sulfonamides is 1. The minimum Gasteiger partial charge on any atom is -0.497 e. The second-order valence-electron chi connectivity index (χ2n) is 7.88. The van der Waals surface area contributed by atoms with E-state index in [9.17, 15) is 18.0 Å². The predicted octanol–water partition coefficient (Wildman–Crippen LogP) is 2.40. The van der Waals surface area contributed by atoms with Crippen LogP contribution in [0.15, 0.2) is 41.3 Å². The molecule has 0 aromatic heterocycles. The van der Waals surface area contributed by atoms with Crippen molar-refractivity contribution in [1.82, 2.24) is 9.62 Å². The van der Waals surface area contributed by atoms with Crippen molar-refractivity contribution in [3.8, 4) is 11.5 Å². The summed E-state index contributed by atoms with van der Waals surface area (Å²) in [6, 6.07) is 10.0. The lowest BCUT2D eigenvalue weighted by Gasteiger charge is -2.31. The zero-order chi connectivity index (χ0) is 23.6. The fourth-order valence-electron chi connectivity index (χ4n) is 3.87. The quantitative estimate of drug-likeness (QED) is 0.638. The normalized spacial score (nSPS) is 18.6. The fraction of sp³-hybridized carbons (Fsp3) is 0.364. The molecule has 0 saturated carbocycles. The summed E-state index contributed by atoms with van der Waals surface area (Å²) in [5.41, 5.74) is 1.24. The highest BCUT2D eigenvalue weighted by Gasteiger charge is 2.35. The van der Waals surface area contributed by atoms with Gasteiger partial charge in [0.1, 0.15) is 16.4 Å². The summed E-state index contributed by atoms with van der Waals surface area (Å²) in [7, 11) is -2.38. The summed E-state index contributed by atoms with van der Waals surface area (Å²) >= 11 is 6.25. The molecule has 1 atom stereocenters. The molecule has 1 unspecified atom stereocenters. The first kappa shape index (κ1) is 23.3. The second kappa shape index (κ2) is 9.58. The number of piperidine rings is 1. The van der Waals surface area contributed by atoms with E-state index < -0.39 is 15.9 Å². The van der Waals surface area contributed by atoms with Gasteiger partial charge in [-0.1, -0.05) is 23.7 Å². The number of anilines is 1. The topological polar surface area (TPSA) is 114 Å². The fourth-order valence-corrected chi connectivity index (χ4v) is 5.91. The molecular formula is C22H24ClN3O6S. The maximum Gasteiger partial charge on any atom is 0.262 e. The lowest BCUT2D eigenvalue weighted by Crippen LogP contribution is -2.45. The SMILES string of the molecule is COc1ccc(CNC(=O)C2CCCN(S(=O)(=O)c3cc4c(cc3Cl)NC(=O)CO4)C2)cc1. The Morgan fingerprint density at radius 3 is 2.79 bits per heavy atom. The molecule has 2 heterocycles. The Bertz CT molecular complexity index is 1170. The van der Waals surface area contributed by atoms with Gasteiger partial charge in [0, 0.05) is 25.7 Å². The summed E-state index contributed by atoms with van der Waals surface area (Å²) < 4.78 is 38.4. The maximum atomic E-state index is 13.3. The van der Waals surface area contributed by atoms with E-state index in [2.05, 4.69) is 10.6 Å². The molecule has 33 heavy (non-hydrogen) atoms. The Morgan fingerprint density at radius 1 is 1.30 bits per heavy atom. The number of carbonyl (C=O) groups is 2. The van der Waals surface area contributed by atoms with Crippen LogP contribution in [0.4, 0.5) is 5.69 Å². The molecule has 0 radical (unpaired) electrons. The lowest BCUT2D eigenvalue weighted by molar-refractivity contribution is -0.126. The van der Waals surface area contributed by atoms with Crippen LogP contribution in [-0.4, -0.2) is 51.3 Å². The van der Waals surface area contributed by atoms with Gasteiger partial charge in [0.05, 0.1) is 23.7 Å². The second-order valence-corrected chi connectivity index (χ2v) is 10.2. The van der Waals surface area contributed by atoms with Crippen LogP contribution in [-0.2, 0) is 26.2 Å². The first-order chi connectivity index (χ1) is 15.8. The Balaban J connectivity index is 1.45. The van der Waals surface area contributed by atoms with Gasteiger partial charge in [-0.15, -0.1) is 0 Å². The van der Waals surface area contributed by atoms with Gasteiger partial charge in [0.2, 0.25) is 15.9 Å². The molecule has 0 aliphatic carbocycles. The summed E-state index contributed by atoms with van der Waals surface area (Å²) in [5, 5.41) is 5.46. The van der Waals surface area contributed by atoms with Gasteiger partial charge in [-0.25, -0.2) is 8.42 Å². The smallest absolute Gasteiger partial charge is 0.262 e. The molecule has 0 spiro atoms. The Hall–Kier alpha value is -2.82. The van der Waals surface area contributed by atoms with Crippen molar-refractivity contribution in [1.29, 1.82) is 0 Å². The van der Waals surface area contributed by atoms with E-state index in [4.69, 9.17) is 21.1 Å². The van der Waals surface area contributed by atoms with Crippen molar-refractivity contribution in [2.45, 2.75) is 24.3 Å². The van der Waals surface area contributed by atoms with Crippen molar-refractivity contribution in [3.63, 3.8) is 0 Å². The Morgan fingerprint density at radius 2 is 2.06 bits per heavy atom. The summed E-state index contributed by atoms with van der Waals surface area (Å²) in [5.74, 6) is -0.0455. The average Bonchev–Trinajstić information content (AvgIpc) is 2.82. The minimum atomic E-state index is -3.97. The average molecular weight is 494 g/mol. The van der Waals surface area contributed by atoms with Crippen LogP contribution in [0.5, 0.6) is 11.5 Å². The van der Waals surface area contributed by atoms with Crippen LogP contribution < -0.4 is 20.1 Å². The van der Waals surface area contributed by atoms with E-state index >= 15 is 0 Å². The third-order valence-corrected chi connectivity index (χ3v) is 8.00. The molecule has 2 N–H and O–H groups in total. The van der Waals surface area contributed by atoms with Crippen LogP contribution in [0.25, 0.3) is 0 Å². The summed E-state index contributed by atoms with van der Waals surface area (Å²) in [6.45, 7) is 0.484. The molecule has 2 aliphatic rings. The number of rotatable bonds is 6. The number of methoxy groups -OCH3 is 1. The van der Waals surface area contributed by atoms with E-state index in [0.29, 0.717) is 25.1 Å². The monoisotopic (exact) mass is 493 g/mol. The van der Waals surface area contributed by atoms with E-state index in [1.807, 2.05) is 24.3 Å². The summed E-state index contributed by atoms with van der Waals surface area (Å²) in [6.07, 6.45) is 1.14. The highest BCUT2D eigenvalue weighted by molar-refractivity contribution is 7.89. The molecule has 2 aliphatic heterocycles. The van der Waals surface area contributed by atoms with Crippen LogP contribution in [0.2, 0.25) is 5.02 Å². The highest BCUT2D eigenvalue weighted by Crippen LogP contribution is 2.37. The van der Waals surface area contributed by atoms with Crippen molar-refractivity contribution in [3.05, 3.63) is 47.0 Å². The largest absolute Gasteiger partial charge is 0.497 e. The van der Waals surface area contributed by atoms with E-state index in [1.54, 1.807) is 7.11 Å². The molecule has 1 fully saturated rings. The highest BCUT2D eigenvalue weighted by atomic mass is 35.5. The van der Waals surface area contributed by atoms with Gasteiger partial charge < -0.3 is 20.1 Å². The van der Waals surface area contributed by atoms with Crippen LogP contribution >= 0.6 is 11.6 Å². The predicted molar refractivity (Wildman–Crippen MR) is 122 cm³/mol. The molecule has 4 rings (SSSR count). The number of benzene rings is 2. The van der Waals surface area contributed by atoms with Crippen LogP contribution in [0.3, 0.4) is 0 Å². The van der Waals surface area contributed by atoms with Crippen molar-refractivity contribution >= 4 is 39.1 Å². The van der Waals surface area contributed by atoms with Gasteiger partial charge in [0.25, 0.3) is 5.91 Å². The molecule has 2 aromatic rings. The molecule has 2 aromatic carbocycles. The van der Waals surface area contributed by atoms with Crippen LogP contribution in [0, 0.1) is 5.92 Å². The molecule has 1 saturated heterocycles. The zero-order valence-electron chi connectivity index (χ0n) is 18.0. The number of carbonyl (C=O) groups excluding carboxylic acids is 2. The maximum absolute atomic E-state index is 13.3. The van der Waals surface area contributed by atoms with Crippen molar-refractivity contribution in [2.75, 3.05) is 32.1 Å². The molecular weight excluding hydrogens is 470 g/mol. The standard InChI is InChI=1S/C22H24ClN3O6S/c1-31-16-6-4-14(5-7-16)11-24-22(28)15-3-2-8-26(12-15)33(29,30)20-10-19-18(9-17(20)23)25-21(27)13-32-19/h4-7,9-10,15H,2-3,8,11-13H2,1H3,(H,24,28)(H,25,27). The molecule has 0 bridgehead atoms. The van der Waals surface area contributed by atoms with Crippen molar-refractivity contribution in [2.24, 2.45) is 5.92 Å². The van der Waals surface area contributed by atoms with Gasteiger partial charge in [-0.05, 0) is 36.6 Å². The Labute approximate surface area is 197 Å². The number of ether oxygens (including phenoxy) is 2. The lowest BCUT2D eigenvalue weighted by atomic mass is 9.99. The van der Waals surface area contributed by atoms with Gasteiger partial charge in [0.15, 0.2) is 6.61 Å². The van der Waals surface area contributed by atoms with E-state index in [0.717, 1.165) is 11.3 Å². The number of hydrogen-bond donors (Lipinski definition) is 2. The Kier molecular flexibility index (Phi) is 6.78. The number of hydrogen-bond acceptors (Lipinski definition) is 6. The minimum absolute atomic E-state index is 0.0226. The first-order valence-electron chi connectivity index (χ1n) is 10.4. The van der Waals surface area contributed by atoms with E-state index in [-0.39, 0.29) is 47.2 Å². The number of amides is 2. The van der Waals surface area contributed by atoms with Crippen molar-refractivity contribution < 1.29 is 27.5 Å². The zero-order valence-corrected chi connectivity index (χ0v) is 19.5. The van der Waals surface area contributed by atoms with Gasteiger partial charge in [-0.3, -0.25) is 9.59 Å². The van der Waals surface area contributed by atoms with E-state index in [1.165, 1.54) is 16.4 Å². The third-order valence-electron chi connectivity index (χ3n) is 5.67. The number of fused-ring (bicyclic) bond motifs is 1. The summed E-state index contributed by atoms with van der Waals surface area (Å²) in [4.78, 5) is 24.1. The number of nitrogens with one attached hydrogen (secondary N) is 2.